The van der Waals surface area contributed by atoms with Crippen LogP contribution in [-0.4, -0.2) is 17.4 Å². The van der Waals surface area contributed by atoms with Crippen molar-refractivity contribution in [2.75, 3.05) is 22.1 Å². The molecule has 2 aliphatic heterocycles. The fraction of sp³-hybridized carbons (Fsp3) is 0.300. The molecular weight excluding hydrogens is 312 g/mol. The van der Waals surface area contributed by atoms with Crippen LogP contribution in [0.3, 0.4) is 0 Å². The van der Waals surface area contributed by atoms with Crippen molar-refractivity contribution in [1.82, 2.24) is 4.98 Å². The summed E-state index contributed by atoms with van der Waals surface area (Å²) in [6.45, 7) is 3.74. The number of pyridine rings is 1. The van der Waals surface area contributed by atoms with E-state index in [1.54, 1.807) is 0 Å². The van der Waals surface area contributed by atoms with Crippen LogP contribution in [0.1, 0.15) is 36.6 Å². The number of nitrogens with zero attached hydrogens (tertiary/aromatic N) is 3. The second-order valence-electron chi connectivity index (χ2n) is 6.53. The van der Waals surface area contributed by atoms with Crippen LogP contribution in [0, 0.1) is 0 Å². The Morgan fingerprint density at radius 1 is 1.20 bits per heavy atom. The first-order chi connectivity index (χ1) is 12.2. The topological polar surface area (TPSA) is 62.5 Å². The molecule has 5 heteroatoms. The molecule has 0 bridgehead atoms. The average molecular weight is 334 g/mol. The fourth-order valence-corrected chi connectivity index (χ4v) is 3.61. The van der Waals surface area contributed by atoms with Crippen LogP contribution < -0.4 is 15.5 Å². The zero-order valence-electron chi connectivity index (χ0n) is 14.4. The highest BCUT2D eigenvalue weighted by Crippen LogP contribution is 2.30. The lowest BCUT2D eigenvalue weighted by atomic mass is 10.0. The lowest BCUT2D eigenvalue weighted by Crippen LogP contribution is -2.24. The van der Waals surface area contributed by atoms with Gasteiger partial charge in [-0.3, -0.25) is 4.79 Å². The number of rotatable bonds is 3. The van der Waals surface area contributed by atoms with Gasteiger partial charge in [0.2, 0.25) is 5.91 Å². The minimum absolute atomic E-state index is 0.218. The van der Waals surface area contributed by atoms with Crippen molar-refractivity contribution in [3.05, 3.63) is 53.4 Å². The first-order valence-corrected chi connectivity index (χ1v) is 8.79. The minimum atomic E-state index is 0.218. The molecule has 0 aliphatic carbocycles. The Hall–Kier alpha value is -2.82. The molecule has 2 N–H and O–H groups in total. The van der Waals surface area contributed by atoms with Gasteiger partial charge in [0.05, 0.1) is 5.69 Å². The van der Waals surface area contributed by atoms with Gasteiger partial charge in [-0.05, 0) is 54.8 Å². The number of fused-ring (bicyclic) bond motifs is 1. The monoisotopic (exact) mass is 334 g/mol. The molecule has 1 aromatic heterocycles. The Labute approximate surface area is 147 Å². The maximum atomic E-state index is 11.9. The minimum Gasteiger partial charge on any atom is -0.384 e. The van der Waals surface area contributed by atoms with Crippen molar-refractivity contribution in [1.29, 1.82) is 0 Å². The van der Waals surface area contributed by atoms with Crippen LogP contribution in [0.2, 0.25) is 0 Å². The zero-order chi connectivity index (χ0) is 17.4. The van der Waals surface area contributed by atoms with E-state index >= 15 is 0 Å². The molecule has 5 nitrogen and oxygen atoms in total. The molecule has 1 saturated heterocycles. The molecule has 0 atom stereocenters. The van der Waals surface area contributed by atoms with E-state index in [4.69, 9.17) is 5.73 Å². The van der Waals surface area contributed by atoms with E-state index in [2.05, 4.69) is 28.9 Å². The van der Waals surface area contributed by atoms with E-state index in [-0.39, 0.29) is 5.91 Å². The first-order valence-electron chi connectivity index (χ1n) is 8.79. The van der Waals surface area contributed by atoms with Crippen LogP contribution in [0.15, 0.2) is 36.5 Å². The number of aromatic nitrogens is 1. The Morgan fingerprint density at radius 3 is 2.64 bits per heavy atom. The third-order valence-corrected chi connectivity index (χ3v) is 4.96. The van der Waals surface area contributed by atoms with E-state index in [1.165, 1.54) is 11.1 Å². The number of hydrogen-bond donors (Lipinski definition) is 1. The van der Waals surface area contributed by atoms with E-state index in [1.807, 2.05) is 35.4 Å². The van der Waals surface area contributed by atoms with E-state index < -0.39 is 0 Å². The molecule has 0 saturated carbocycles. The van der Waals surface area contributed by atoms with Crippen molar-refractivity contribution in [2.24, 2.45) is 0 Å². The summed E-state index contributed by atoms with van der Waals surface area (Å²) in [5, 5.41) is 0. The number of amides is 1. The summed E-state index contributed by atoms with van der Waals surface area (Å²) >= 11 is 0. The smallest absolute Gasteiger partial charge is 0.227 e. The number of benzene rings is 1. The highest BCUT2D eigenvalue weighted by atomic mass is 16.2. The van der Waals surface area contributed by atoms with Gasteiger partial charge in [0, 0.05) is 42.6 Å². The van der Waals surface area contributed by atoms with Gasteiger partial charge < -0.3 is 15.5 Å². The number of nitrogen functional groups attached to an aromatic ring is 1. The fourth-order valence-electron chi connectivity index (χ4n) is 3.61. The summed E-state index contributed by atoms with van der Waals surface area (Å²) in [5.74, 6) is 0.795. The van der Waals surface area contributed by atoms with E-state index in [0.717, 1.165) is 43.0 Å². The van der Waals surface area contributed by atoms with Crippen LogP contribution in [0.25, 0.3) is 6.08 Å². The molecule has 128 valence electrons. The molecule has 1 aromatic carbocycles. The average Bonchev–Trinajstić information content (AvgIpc) is 3.06. The predicted molar refractivity (Wildman–Crippen MR) is 101 cm³/mol. The molecule has 3 heterocycles. The number of nitrogens with two attached hydrogens (primary N) is 1. The largest absolute Gasteiger partial charge is 0.384 e. The second kappa shape index (κ2) is 6.24. The van der Waals surface area contributed by atoms with Gasteiger partial charge in [-0.2, -0.15) is 0 Å². The van der Waals surface area contributed by atoms with E-state index in [0.29, 0.717) is 12.2 Å². The summed E-state index contributed by atoms with van der Waals surface area (Å²) in [6.07, 6.45) is 6.61. The molecule has 2 aliphatic rings. The van der Waals surface area contributed by atoms with Gasteiger partial charge >= 0.3 is 0 Å². The Bertz CT molecular complexity index is 842. The van der Waals surface area contributed by atoms with Crippen molar-refractivity contribution in [3.63, 3.8) is 0 Å². The lowest BCUT2D eigenvalue weighted by molar-refractivity contribution is -0.117. The van der Waals surface area contributed by atoms with Gasteiger partial charge in [0.25, 0.3) is 0 Å². The van der Waals surface area contributed by atoms with Gasteiger partial charge in [0.15, 0.2) is 0 Å². The number of hydrogen-bond acceptors (Lipinski definition) is 4. The molecule has 4 rings (SSSR count). The summed E-state index contributed by atoms with van der Waals surface area (Å²) in [4.78, 5) is 20.4. The van der Waals surface area contributed by atoms with Crippen molar-refractivity contribution in [3.8, 4) is 0 Å². The third-order valence-electron chi connectivity index (χ3n) is 4.96. The van der Waals surface area contributed by atoms with Crippen molar-refractivity contribution < 1.29 is 4.79 Å². The van der Waals surface area contributed by atoms with Gasteiger partial charge in [0.1, 0.15) is 5.82 Å². The van der Waals surface area contributed by atoms with Crippen LogP contribution >= 0.6 is 0 Å². The van der Waals surface area contributed by atoms with Gasteiger partial charge in [-0.25, -0.2) is 4.98 Å². The molecule has 0 spiro atoms. The molecular formula is C20H22N4O. The summed E-state index contributed by atoms with van der Waals surface area (Å²) in [7, 11) is 0. The highest BCUT2D eigenvalue weighted by Gasteiger charge is 2.22. The van der Waals surface area contributed by atoms with Crippen LogP contribution in [0.4, 0.5) is 17.2 Å². The summed E-state index contributed by atoms with van der Waals surface area (Å²) < 4.78 is 0. The van der Waals surface area contributed by atoms with Crippen LogP contribution in [0.5, 0.6) is 0 Å². The van der Waals surface area contributed by atoms with Crippen molar-refractivity contribution >= 4 is 29.2 Å². The maximum Gasteiger partial charge on any atom is 0.227 e. The molecule has 0 unspecified atom stereocenters. The summed E-state index contributed by atoms with van der Waals surface area (Å²) in [6, 6.07) is 10.2. The zero-order valence-corrected chi connectivity index (χ0v) is 14.4. The molecule has 1 amide bonds. The quantitative estimate of drug-likeness (QED) is 0.935. The highest BCUT2D eigenvalue weighted by molar-refractivity contribution is 5.95. The lowest BCUT2D eigenvalue weighted by Gasteiger charge is -2.27. The molecule has 0 radical (unpaired) electrons. The normalized spacial score (nSPS) is 16.4. The molecule has 25 heavy (non-hydrogen) atoms. The number of carbonyl (C=O) groups excluding carboxylic acids is 1. The van der Waals surface area contributed by atoms with Gasteiger partial charge in [-0.1, -0.05) is 6.92 Å². The third kappa shape index (κ3) is 2.86. The number of anilines is 3. The predicted octanol–water partition coefficient (Wildman–Crippen LogP) is 3.34. The Morgan fingerprint density at radius 2 is 1.96 bits per heavy atom. The van der Waals surface area contributed by atoms with Gasteiger partial charge in [-0.15, -0.1) is 0 Å². The standard InChI is InChI=1S/C20H22N4O/c1-2-14-12-19(21)22-18-9-11-23(13-17(14)18)15-5-7-16(8-6-15)24-10-3-4-20(24)25/h5-9,11-12H,2-4,10,13H2,1H3,(H2,21,22). The van der Waals surface area contributed by atoms with Crippen molar-refractivity contribution in [2.45, 2.75) is 32.7 Å². The molecule has 1 fully saturated rings. The molecule has 2 aromatic rings. The second-order valence-corrected chi connectivity index (χ2v) is 6.53. The van der Waals surface area contributed by atoms with E-state index in [9.17, 15) is 4.79 Å². The van der Waals surface area contributed by atoms with Crippen LogP contribution in [-0.2, 0) is 17.8 Å². The first kappa shape index (κ1) is 15.7. The SMILES string of the molecule is CCc1cc(N)nc2c1CN(c1ccc(N3CCCC3=O)cc1)C=C2. The summed E-state index contributed by atoms with van der Waals surface area (Å²) in [5.41, 5.74) is 11.4. The Kier molecular flexibility index (Phi) is 3.92. The number of aryl methyl sites for hydroxylation is 1. The Balaban J connectivity index is 1.59. The maximum absolute atomic E-state index is 11.9. The number of carbonyl (C=O) groups is 1.